The fourth-order valence-electron chi connectivity index (χ4n) is 5.05. The average Bonchev–Trinajstić information content (AvgIpc) is 3.31. The molecule has 0 amide bonds. The highest BCUT2D eigenvalue weighted by atomic mass is 16.3. The van der Waals surface area contributed by atoms with Crippen molar-refractivity contribution < 1.29 is 13.1 Å². The molecule has 36 heavy (non-hydrogen) atoms. The molecular weight excluding hydrogens is 440 g/mol. The van der Waals surface area contributed by atoms with Crippen LogP contribution in [0.15, 0.2) is 102 Å². The van der Waals surface area contributed by atoms with Crippen molar-refractivity contribution in [2.75, 3.05) is 0 Å². The lowest BCUT2D eigenvalue weighted by Gasteiger charge is -2.10. The Balaban J connectivity index is 1.71. The summed E-state index contributed by atoms with van der Waals surface area (Å²) in [4.78, 5) is 0. The Hall–Kier alpha value is -4.68. The summed E-state index contributed by atoms with van der Waals surface area (Å²) in [7, 11) is 2.00. The zero-order valence-corrected chi connectivity index (χ0v) is 20.0. The lowest BCUT2D eigenvalue weighted by Crippen LogP contribution is -2.30. The third-order valence-electron chi connectivity index (χ3n) is 6.78. The molecule has 0 aliphatic rings. The molecule has 0 radical (unpaired) electrons. The lowest BCUT2D eigenvalue weighted by molar-refractivity contribution is -0.660. The Morgan fingerprint density at radius 3 is 2.25 bits per heavy atom. The fraction of sp³-hybridized carbons (Fsp3) is 0.0909. The third-order valence-corrected chi connectivity index (χ3v) is 6.78. The van der Waals surface area contributed by atoms with Crippen LogP contribution in [0.3, 0.4) is 0 Å². The second-order valence-electron chi connectivity index (χ2n) is 9.07. The van der Waals surface area contributed by atoms with Crippen molar-refractivity contribution in [1.29, 1.82) is 5.26 Å². The molecule has 0 unspecified atom stereocenters. The van der Waals surface area contributed by atoms with Crippen molar-refractivity contribution in [2.24, 2.45) is 7.05 Å². The van der Waals surface area contributed by atoms with E-state index in [4.69, 9.17) is 8.53 Å². The van der Waals surface area contributed by atoms with Gasteiger partial charge in [-0.3, -0.25) is 0 Å². The van der Waals surface area contributed by atoms with Gasteiger partial charge in [0, 0.05) is 32.6 Å². The average molecular weight is 469 g/mol. The van der Waals surface area contributed by atoms with E-state index in [1.165, 1.54) is 0 Å². The van der Waals surface area contributed by atoms with E-state index in [1.54, 1.807) is 18.2 Å². The van der Waals surface area contributed by atoms with Gasteiger partial charge >= 0.3 is 0 Å². The maximum atomic E-state index is 10.1. The van der Waals surface area contributed by atoms with E-state index < -0.39 is 6.85 Å². The minimum Gasteiger partial charge on any atom is -0.454 e. The van der Waals surface area contributed by atoms with Gasteiger partial charge in [-0.15, -0.1) is 0 Å². The normalized spacial score (nSPS) is 12.8. The minimum atomic E-state index is -2.32. The smallest absolute Gasteiger partial charge is 0.216 e. The molecule has 0 saturated heterocycles. The number of fused-ring (bicyclic) bond motifs is 3. The Bertz CT molecular complexity index is 1930. The second-order valence-corrected chi connectivity index (χ2v) is 9.07. The van der Waals surface area contributed by atoms with Gasteiger partial charge < -0.3 is 4.42 Å². The molecule has 172 valence electrons. The molecular formula is C33H25N2O+. The number of benzene rings is 4. The van der Waals surface area contributed by atoms with Crippen molar-refractivity contribution in [2.45, 2.75) is 13.8 Å². The van der Waals surface area contributed by atoms with E-state index in [-0.39, 0.29) is 5.56 Å². The molecule has 0 fully saturated rings. The molecule has 0 N–H and O–H groups in total. The number of aryl methyl sites for hydroxylation is 3. The molecule has 0 bridgehead atoms. The van der Waals surface area contributed by atoms with Crippen LogP contribution in [0.2, 0.25) is 0 Å². The van der Waals surface area contributed by atoms with Gasteiger partial charge in [0.1, 0.15) is 18.2 Å². The van der Waals surface area contributed by atoms with Crippen molar-refractivity contribution in [3.05, 3.63) is 114 Å². The van der Waals surface area contributed by atoms with Gasteiger partial charge in [-0.2, -0.15) is 5.26 Å². The number of hydrogen-bond donors (Lipinski definition) is 0. The van der Waals surface area contributed by atoms with Crippen molar-refractivity contribution >= 4 is 21.9 Å². The quantitative estimate of drug-likeness (QED) is 0.248. The summed E-state index contributed by atoms with van der Waals surface area (Å²) in [5, 5.41) is 12.0. The van der Waals surface area contributed by atoms with Crippen LogP contribution >= 0.6 is 0 Å². The van der Waals surface area contributed by atoms with Gasteiger partial charge in [0.2, 0.25) is 5.69 Å². The SMILES string of the molecule is [2H]C([2H])([2H])c1cc(-c2ccccc2)cc(-c2c(C#N)ccc3c2oc2c(-c4cccc[n+]4C)c(C)ccc23)c1. The monoisotopic (exact) mass is 468 g/mol. The summed E-state index contributed by atoms with van der Waals surface area (Å²) in [5.74, 6) is 0. The molecule has 0 aliphatic heterocycles. The number of rotatable bonds is 3. The molecule has 2 aromatic heterocycles. The molecule has 0 aliphatic carbocycles. The van der Waals surface area contributed by atoms with E-state index in [0.717, 1.165) is 44.3 Å². The molecule has 4 aromatic carbocycles. The van der Waals surface area contributed by atoms with Crippen LogP contribution in [-0.2, 0) is 7.05 Å². The van der Waals surface area contributed by atoms with Crippen LogP contribution in [0, 0.1) is 25.1 Å². The summed E-state index contributed by atoms with van der Waals surface area (Å²) in [6, 6.07) is 31.2. The fourth-order valence-corrected chi connectivity index (χ4v) is 5.05. The predicted molar refractivity (Wildman–Crippen MR) is 145 cm³/mol. The van der Waals surface area contributed by atoms with E-state index in [2.05, 4.69) is 29.7 Å². The van der Waals surface area contributed by atoms with Gasteiger partial charge in [-0.25, -0.2) is 4.57 Å². The first kappa shape index (κ1) is 18.6. The summed E-state index contributed by atoms with van der Waals surface area (Å²) in [6.07, 6.45) is 2.00. The highest BCUT2D eigenvalue weighted by molar-refractivity contribution is 6.14. The Labute approximate surface area is 214 Å². The number of aromatic nitrogens is 1. The lowest BCUT2D eigenvalue weighted by atomic mass is 9.92. The maximum absolute atomic E-state index is 10.1. The Kier molecular flexibility index (Phi) is 4.41. The topological polar surface area (TPSA) is 40.8 Å². The number of pyridine rings is 1. The highest BCUT2D eigenvalue weighted by Gasteiger charge is 2.23. The molecule has 3 heteroatoms. The molecule has 3 nitrogen and oxygen atoms in total. The number of furan rings is 1. The van der Waals surface area contributed by atoms with Gasteiger partial charge in [0.25, 0.3) is 0 Å². The van der Waals surface area contributed by atoms with Crippen LogP contribution in [0.5, 0.6) is 0 Å². The van der Waals surface area contributed by atoms with Crippen molar-refractivity contribution in [3.63, 3.8) is 0 Å². The minimum absolute atomic E-state index is 0.212. The molecule has 2 heterocycles. The first-order chi connectivity index (χ1) is 18.8. The van der Waals surface area contributed by atoms with Crippen molar-refractivity contribution in [1.82, 2.24) is 0 Å². The second kappa shape index (κ2) is 8.52. The largest absolute Gasteiger partial charge is 0.454 e. The van der Waals surface area contributed by atoms with Crippen LogP contribution in [-0.4, -0.2) is 0 Å². The van der Waals surface area contributed by atoms with Gasteiger partial charge in [0.05, 0.1) is 17.2 Å². The standard InChI is InChI=1S/C33H25N2O/c1-21-17-25(23-9-5-4-6-10-23)19-26(18-21)31-24(20-34)13-15-28-27-14-12-22(2)30(32(27)36-33(28)31)29-11-7-8-16-35(29)3/h4-19H,1-3H3/q+1/i1D3. The van der Waals surface area contributed by atoms with E-state index in [9.17, 15) is 5.26 Å². The van der Waals surface area contributed by atoms with Crippen molar-refractivity contribution in [3.8, 4) is 39.6 Å². The predicted octanol–water partition coefficient (Wildman–Crippen LogP) is 7.90. The summed E-state index contributed by atoms with van der Waals surface area (Å²) in [5.41, 5.74) is 7.89. The molecule has 0 saturated carbocycles. The maximum Gasteiger partial charge on any atom is 0.216 e. The Morgan fingerprint density at radius 2 is 1.50 bits per heavy atom. The van der Waals surface area contributed by atoms with Gasteiger partial charge in [-0.05, 0) is 65.9 Å². The number of hydrogen-bond acceptors (Lipinski definition) is 2. The zero-order chi connectivity index (χ0) is 27.3. The molecule has 6 aromatic rings. The molecule has 6 rings (SSSR count). The van der Waals surface area contributed by atoms with Crippen LogP contribution < -0.4 is 4.57 Å². The summed E-state index contributed by atoms with van der Waals surface area (Å²) in [6.45, 7) is -0.261. The molecule has 0 spiro atoms. The first-order valence-corrected chi connectivity index (χ1v) is 11.8. The molecule has 0 atom stereocenters. The van der Waals surface area contributed by atoms with Crippen LogP contribution in [0.4, 0.5) is 0 Å². The first-order valence-electron chi connectivity index (χ1n) is 13.3. The van der Waals surface area contributed by atoms with E-state index in [0.29, 0.717) is 22.3 Å². The van der Waals surface area contributed by atoms with Crippen LogP contribution in [0.1, 0.15) is 20.8 Å². The highest BCUT2D eigenvalue weighted by Crippen LogP contribution is 2.42. The van der Waals surface area contributed by atoms with Gasteiger partial charge in [0.15, 0.2) is 6.20 Å². The van der Waals surface area contributed by atoms with Gasteiger partial charge in [-0.1, -0.05) is 54.6 Å². The number of nitrogens with zero attached hydrogens (tertiary/aromatic N) is 2. The van der Waals surface area contributed by atoms with E-state index >= 15 is 0 Å². The number of nitriles is 1. The summed E-state index contributed by atoms with van der Waals surface area (Å²) >= 11 is 0. The summed E-state index contributed by atoms with van der Waals surface area (Å²) < 4.78 is 33.2. The Morgan fingerprint density at radius 1 is 0.778 bits per heavy atom. The van der Waals surface area contributed by atoms with Crippen LogP contribution in [0.25, 0.3) is 55.4 Å². The van der Waals surface area contributed by atoms with E-state index in [1.807, 2.05) is 73.9 Å². The zero-order valence-electron chi connectivity index (χ0n) is 23.0. The third kappa shape index (κ3) is 3.47.